The van der Waals surface area contributed by atoms with Crippen LogP contribution in [0.25, 0.3) is 0 Å². The van der Waals surface area contributed by atoms with Gasteiger partial charge in [-0.05, 0) is 56.2 Å². The summed E-state index contributed by atoms with van der Waals surface area (Å²) in [5.41, 5.74) is 1.31. The average Bonchev–Trinajstić information content (AvgIpc) is 2.65. The SMILES string of the molecule is Oc1ccc(CCCCCCCCOCCOC2CCCCO2)cc1. The fourth-order valence-electron chi connectivity index (χ4n) is 3.09. The van der Waals surface area contributed by atoms with Crippen molar-refractivity contribution < 1.29 is 19.3 Å². The van der Waals surface area contributed by atoms with E-state index in [-0.39, 0.29) is 6.29 Å². The van der Waals surface area contributed by atoms with E-state index in [4.69, 9.17) is 14.2 Å². The number of benzene rings is 1. The lowest BCUT2D eigenvalue weighted by molar-refractivity contribution is -0.169. The average molecular weight is 350 g/mol. The van der Waals surface area contributed by atoms with Gasteiger partial charge in [0, 0.05) is 13.2 Å². The summed E-state index contributed by atoms with van der Waals surface area (Å²) in [4.78, 5) is 0. The molecular weight excluding hydrogens is 316 g/mol. The van der Waals surface area contributed by atoms with Gasteiger partial charge in [0.2, 0.25) is 0 Å². The largest absolute Gasteiger partial charge is 0.508 e. The van der Waals surface area contributed by atoms with E-state index in [1.54, 1.807) is 12.1 Å². The number of phenols is 1. The summed E-state index contributed by atoms with van der Waals surface area (Å²) in [7, 11) is 0. The van der Waals surface area contributed by atoms with Crippen molar-refractivity contribution in [2.24, 2.45) is 0 Å². The lowest BCUT2D eigenvalue weighted by Crippen LogP contribution is -2.24. The Bertz CT molecular complexity index is 426. The molecule has 0 bridgehead atoms. The Balaban J connectivity index is 1.30. The highest BCUT2D eigenvalue weighted by Gasteiger charge is 2.13. The first-order chi connectivity index (χ1) is 12.3. The monoisotopic (exact) mass is 350 g/mol. The second-order valence-corrected chi connectivity index (χ2v) is 6.82. The minimum Gasteiger partial charge on any atom is -0.508 e. The van der Waals surface area contributed by atoms with E-state index in [1.165, 1.54) is 44.1 Å². The van der Waals surface area contributed by atoms with E-state index in [1.807, 2.05) is 12.1 Å². The van der Waals surface area contributed by atoms with Crippen LogP contribution in [0.15, 0.2) is 24.3 Å². The molecule has 0 radical (unpaired) electrons. The Kier molecular flexibility index (Phi) is 10.6. The second kappa shape index (κ2) is 13.2. The molecular formula is C21H34O4. The highest BCUT2D eigenvalue weighted by Crippen LogP contribution is 2.14. The molecule has 4 heteroatoms. The molecule has 1 aliphatic heterocycles. The van der Waals surface area contributed by atoms with Gasteiger partial charge in [-0.1, -0.05) is 37.8 Å². The van der Waals surface area contributed by atoms with Crippen LogP contribution in [-0.4, -0.2) is 37.8 Å². The zero-order valence-corrected chi connectivity index (χ0v) is 15.5. The van der Waals surface area contributed by atoms with Gasteiger partial charge in [-0.15, -0.1) is 0 Å². The number of unbranched alkanes of at least 4 members (excludes halogenated alkanes) is 5. The van der Waals surface area contributed by atoms with E-state index >= 15 is 0 Å². The summed E-state index contributed by atoms with van der Waals surface area (Å²) in [5.74, 6) is 0.347. The van der Waals surface area contributed by atoms with Gasteiger partial charge in [-0.3, -0.25) is 0 Å². The first kappa shape index (κ1) is 20.2. The van der Waals surface area contributed by atoms with Crippen molar-refractivity contribution in [3.05, 3.63) is 29.8 Å². The van der Waals surface area contributed by atoms with Crippen LogP contribution < -0.4 is 0 Å². The number of aryl methyl sites for hydroxylation is 1. The fourth-order valence-corrected chi connectivity index (χ4v) is 3.09. The predicted molar refractivity (Wildman–Crippen MR) is 99.9 cm³/mol. The molecule has 0 aliphatic carbocycles. The van der Waals surface area contributed by atoms with Gasteiger partial charge in [0.15, 0.2) is 6.29 Å². The minimum atomic E-state index is -0.000994. The summed E-state index contributed by atoms with van der Waals surface area (Å²) in [6, 6.07) is 7.55. The van der Waals surface area contributed by atoms with Crippen LogP contribution in [0.5, 0.6) is 5.75 Å². The van der Waals surface area contributed by atoms with Crippen molar-refractivity contribution in [1.82, 2.24) is 0 Å². The van der Waals surface area contributed by atoms with Gasteiger partial charge in [0.25, 0.3) is 0 Å². The van der Waals surface area contributed by atoms with Crippen LogP contribution in [0.1, 0.15) is 63.4 Å². The van der Waals surface area contributed by atoms with Crippen molar-refractivity contribution in [3.8, 4) is 5.75 Å². The molecule has 4 nitrogen and oxygen atoms in total. The molecule has 0 spiro atoms. The number of hydrogen-bond donors (Lipinski definition) is 1. The normalized spacial score (nSPS) is 17.7. The van der Waals surface area contributed by atoms with Gasteiger partial charge >= 0.3 is 0 Å². The molecule has 1 heterocycles. The molecule has 1 saturated heterocycles. The fraction of sp³-hybridized carbons (Fsp3) is 0.714. The summed E-state index contributed by atoms with van der Waals surface area (Å²) in [6.07, 6.45) is 11.9. The summed E-state index contributed by atoms with van der Waals surface area (Å²) in [6.45, 7) is 2.98. The highest BCUT2D eigenvalue weighted by molar-refractivity contribution is 5.25. The molecule has 0 aromatic heterocycles. The van der Waals surface area contributed by atoms with Crippen LogP contribution in [-0.2, 0) is 20.6 Å². The highest BCUT2D eigenvalue weighted by atomic mass is 16.7. The number of rotatable bonds is 13. The summed E-state index contributed by atoms with van der Waals surface area (Å²) < 4.78 is 16.8. The van der Waals surface area contributed by atoms with Crippen molar-refractivity contribution in [2.75, 3.05) is 26.4 Å². The first-order valence-corrected chi connectivity index (χ1v) is 9.93. The molecule has 1 aromatic rings. The second-order valence-electron chi connectivity index (χ2n) is 6.82. The molecule has 0 saturated carbocycles. The standard InChI is InChI=1S/C21H34O4/c22-20-13-11-19(12-14-20)9-5-3-1-2-4-7-15-23-17-18-25-21-10-6-8-16-24-21/h11-14,21-22H,1-10,15-18H2. The molecule has 1 aliphatic rings. The molecule has 1 fully saturated rings. The van der Waals surface area contributed by atoms with E-state index < -0.39 is 0 Å². The maximum atomic E-state index is 9.25. The number of hydrogen-bond acceptors (Lipinski definition) is 4. The van der Waals surface area contributed by atoms with Gasteiger partial charge in [-0.2, -0.15) is 0 Å². The number of phenolic OH excluding ortho intramolecular Hbond substituents is 1. The topological polar surface area (TPSA) is 47.9 Å². The molecule has 0 amide bonds. The third-order valence-electron chi connectivity index (χ3n) is 4.61. The third kappa shape index (κ3) is 9.83. The van der Waals surface area contributed by atoms with Gasteiger partial charge in [-0.25, -0.2) is 0 Å². The molecule has 142 valence electrons. The Hall–Kier alpha value is -1.10. The minimum absolute atomic E-state index is 0.000994. The zero-order chi connectivity index (χ0) is 17.6. The zero-order valence-electron chi connectivity index (χ0n) is 15.5. The van der Waals surface area contributed by atoms with Crippen LogP contribution >= 0.6 is 0 Å². The third-order valence-corrected chi connectivity index (χ3v) is 4.61. The van der Waals surface area contributed by atoms with Crippen LogP contribution in [0.2, 0.25) is 0 Å². The van der Waals surface area contributed by atoms with E-state index in [2.05, 4.69) is 0 Å². The quantitative estimate of drug-likeness (QED) is 0.517. The number of ether oxygens (including phenoxy) is 3. The summed E-state index contributed by atoms with van der Waals surface area (Å²) >= 11 is 0. The van der Waals surface area contributed by atoms with Gasteiger partial charge in [0.05, 0.1) is 13.2 Å². The summed E-state index contributed by atoms with van der Waals surface area (Å²) in [5, 5.41) is 9.25. The van der Waals surface area contributed by atoms with E-state index in [0.717, 1.165) is 38.9 Å². The van der Waals surface area contributed by atoms with Crippen molar-refractivity contribution in [2.45, 2.75) is 70.5 Å². The van der Waals surface area contributed by atoms with Crippen LogP contribution in [0, 0.1) is 0 Å². The van der Waals surface area contributed by atoms with Crippen LogP contribution in [0.4, 0.5) is 0 Å². The van der Waals surface area contributed by atoms with Gasteiger partial charge in [0.1, 0.15) is 5.75 Å². The molecule has 1 atom stereocenters. The maximum Gasteiger partial charge on any atom is 0.157 e. The van der Waals surface area contributed by atoms with E-state index in [9.17, 15) is 5.11 Å². The molecule has 1 aromatic carbocycles. The van der Waals surface area contributed by atoms with Crippen LogP contribution in [0.3, 0.4) is 0 Å². The smallest absolute Gasteiger partial charge is 0.157 e. The predicted octanol–water partition coefficient (Wildman–Crippen LogP) is 4.84. The first-order valence-electron chi connectivity index (χ1n) is 9.93. The lowest BCUT2D eigenvalue weighted by atomic mass is 10.0. The maximum absolute atomic E-state index is 9.25. The molecule has 2 rings (SSSR count). The lowest BCUT2D eigenvalue weighted by Gasteiger charge is -2.22. The molecule has 25 heavy (non-hydrogen) atoms. The Morgan fingerprint density at radius 3 is 2.40 bits per heavy atom. The molecule has 1 N–H and O–H groups in total. The Morgan fingerprint density at radius 1 is 0.880 bits per heavy atom. The van der Waals surface area contributed by atoms with Crippen molar-refractivity contribution in [1.29, 1.82) is 0 Å². The Morgan fingerprint density at radius 2 is 1.64 bits per heavy atom. The van der Waals surface area contributed by atoms with E-state index in [0.29, 0.717) is 19.0 Å². The Labute approximate surface area is 152 Å². The van der Waals surface area contributed by atoms with Crippen molar-refractivity contribution in [3.63, 3.8) is 0 Å². The number of aromatic hydroxyl groups is 1. The van der Waals surface area contributed by atoms with Crippen molar-refractivity contribution >= 4 is 0 Å². The molecule has 1 unspecified atom stereocenters. The van der Waals surface area contributed by atoms with Gasteiger partial charge < -0.3 is 19.3 Å².